The van der Waals surface area contributed by atoms with Gasteiger partial charge >= 0.3 is 0 Å². The molecule has 6 nitrogen and oxygen atoms in total. The van der Waals surface area contributed by atoms with Crippen molar-refractivity contribution in [2.45, 2.75) is 6.92 Å². The molecule has 0 fully saturated rings. The van der Waals surface area contributed by atoms with Crippen LogP contribution in [0.25, 0.3) is 28.2 Å². The highest BCUT2D eigenvalue weighted by atomic mass is 16.5. The number of benzene rings is 2. The minimum atomic E-state index is -0.229. The Morgan fingerprint density at radius 2 is 1.89 bits per heavy atom. The third-order valence-electron chi connectivity index (χ3n) is 4.54. The number of nitrogens with one attached hydrogen (secondary N) is 1. The van der Waals surface area contributed by atoms with Crippen LogP contribution in [0.2, 0.25) is 0 Å². The zero-order chi connectivity index (χ0) is 19.0. The van der Waals surface area contributed by atoms with Crippen LogP contribution in [0.5, 0.6) is 5.75 Å². The second kappa shape index (κ2) is 6.46. The molecule has 2 aromatic heterocycles. The lowest BCUT2D eigenvalue weighted by atomic mass is 10.1. The molecule has 0 unspecified atom stereocenters. The predicted octanol–water partition coefficient (Wildman–Crippen LogP) is 3.55. The highest BCUT2D eigenvalue weighted by Crippen LogP contribution is 2.32. The topological polar surface area (TPSA) is 83.2 Å². The van der Waals surface area contributed by atoms with Crippen molar-refractivity contribution in [1.29, 1.82) is 5.26 Å². The standard InChI is InChI=1S/C21H16N4O2/c1-13-20(16-5-3-4-6-18(16)27-2)24-25-19(26)11-17(23-21(13)25)15-9-7-14(12-22)8-10-15/h3-11,23H,1-2H3. The number of aromatic nitrogens is 3. The van der Waals surface area contributed by atoms with E-state index in [0.29, 0.717) is 28.3 Å². The van der Waals surface area contributed by atoms with E-state index in [1.807, 2.05) is 43.3 Å². The van der Waals surface area contributed by atoms with Crippen molar-refractivity contribution in [1.82, 2.24) is 14.6 Å². The minimum absolute atomic E-state index is 0.229. The molecule has 0 saturated carbocycles. The van der Waals surface area contributed by atoms with E-state index in [1.54, 1.807) is 19.2 Å². The highest BCUT2D eigenvalue weighted by Gasteiger charge is 2.17. The molecular weight excluding hydrogens is 340 g/mol. The Balaban J connectivity index is 1.92. The number of para-hydroxylation sites is 1. The SMILES string of the molecule is COc1ccccc1-c1nn2c(=O)cc(-c3ccc(C#N)cc3)[nH]c2c1C. The van der Waals surface area contributed by atoms with Gasteiger partial charge in [0.2, 0.25) is 0 Å². The van der Waals surface area contributed by atoms with Gasteiger partial charge in [-0.3, -0.25) is 4.79 Å². The quantitative estimate of drug-likeness (QED) is 0.608. The molecule has 0 saturated heterocycles. The van der Waals surface area contributed by atoms with Gasteiger partial charge in [0.1, 0.15) is 17.1 Å². The Morgan fingerprint density at radius 3 is 2.59 bits per heavy atom. The molecule has 0 amide bonds. The lowest BCUT2D eigenvalue weighted by Crippen LogP contribution is -2.14. The van der Waals surface area contributed by atoms with Crippen LogP contribution in [0.15, 0.2) is 59.4 Å². The van der Waals surface area contributed by atoms with Crippen molar-refractivity contribution >= 4 is 5.65 Å². The Bertz CT molecular complexity index is 1240. The number of nitrogens with zero attached hydrogens (tertiary/aromatic N) is 3. The number of ether oxygens (including phenoxy) is 1. The van der Waals surface area contributed by atoms with Crippen molar-refractivity contribution in [2.75, 3.05) is 7.11 Å². The monoisotopic (exact) mass is 356 g/mol. The van der Waals surface area contributed by atoms with Crippen molar-refractivity contribution in [3.63, 3.8) is 0 Å². The smallest absolute Gasteiger partial charge is 0.274 e. The van der Waals surface area contributed by atoms with E-state index in [2.05, 4.69) is 16.2 Å². The summed E-state index contributed by atoms with van der Waals surface area (Å²) in [5, 5.41) is 13.4. The summed E-state index contributed by atoms with van der Waals surface area (Å²) < 4.78 is 6.80. The maximum absolute atomic E-state index is 12.6. The fourth-order valence-electron chi connectivity index (χ4n) is 3.13. The summed E-state index contributed by atoms with van der Waals surface area (Å²) in [7, 11) is 1.61. The minimum Gasteiger partial charge on any atom is -0.496 e. The molecule has 132 valence electrons. The first-order valence-corrected chi connectivity index (χ1v) is 8.39. The molecule has 27 heavy (non-hydrogen) atoms. The van der Waals surface area contributed by atoms with Gasteiger partial charge in [-0.15, -0.1) is 0 Å². The molecule has 4 aromatic rings. The zero-order valence-corrected chi connectivity index (χ0v) is 14.9. The van der Waals surface area contributed by atoms with E-state index in [0.717, 1.165) is 16.7 Å². The van der Waals surface area contributed by atoms with Gasteiger partial charge in [0.05, 0.1) is 24.4 Å². The third kappa shape index (κ3) is 2.75. The van der Waals surface area contributed by atoms with E-state index in [9.17, 15) is 4.79 Å². The summed E-state index contributed by atoms with van der Waals surface area (Å²) in [5.41, 5.74) is 4.84. The van der Waals surface area contributed by atoms with Gasteiger partial charge in [0.15, 0.2) is 0 Å². The molecule has 0 aliphatic carbocycles. The number of rotatable bonds is 3. The maximum atomic E-state index is 12.6. The van der Waals surface area contributed by atoms with Gasteiger partial charge in [0, 0.05) is 17.2 Å². The molecule has 2 heterocycles. The van der Waals surface area contributed by atoms with Gasteiger partial charge in [-0.2, -0.15) is 14.9 Å². The lowest BCUT2D eigenvalue weighted by molar-refractivity contribution is 0.416. The van der Waals surface area contributed by atoms with E-state index in [4.69, 9.17) is 10.00 Å². The molecular formula is C21H16N4O2. The molecule has 4 rings (SSSR count). The Hall–Kier alpha value is -3.85. The van der Waals surface area contributed by atoms with Crippen LogP contribution in [0.3, 0.4) is 0 Å². The maximum Gasteiger partial charge on any atom is 0.274 e. The van der Waals surface area contributed by atoms with Crippen LogP contribution in [0.1, 0.15) is 11.1 Å². The fourth-order valence-corrected chi connectivity index (χ4v) is 3.13. The first-order valence-electron chi connectivity index (χ1n) is 8.39. The van der Waals surface area contributed by atoms with Gasteiger partial charge in [-0.25, -0.2) is 0 Å². The normalized spacial score (nSPS) is 10.7. The van der Waals surface area contributed by atoms with Crippen molar-refractivity contribution < 1.29 is 4.74 Å². The summed E-state index contributed by atoms with van der Waals surface area (Å²) in [6, 6.07) is 18.2. The van der Waals surface area contributed by atoms with Crippen LogP contribution in [-0.2, 0) is 0 Å². The van der Waals surface area contributed by atoms with E-state index < -0.39 is 0 Å². The first kappa shape index (κ1) is 16.6. The summed E-state index contributed by atoms with van der Waals surface area (Å²) >= 11 is 0. The van der Waals surface area contributed by atoms with Crippen LogP contribution in [0, 0.1) is 18.3 Å². The molecule has 6 heteroatoms. The number of H-pyrrole nitrogens is 1. The largest absolute Gasteiger partial charge is 0.496 e. The van der Waals surface area contributed by atoms with Crippen LogP contribution < -0.4 is 10.3 Å². The van der Waals surface area contributed by atoms with Gasteiger partial charge in [-0.1, -0.05) is 24.3 Å². The number of nitriles is 1. The Morgan fingerprint density at radius 1 is 1.15 bits per heavy atom. The van der Waals surface area contributed by atoms with Crippen LogP contribution >= 0.6 is 0 Å². The average Bonchev–Trinajstić information content (AvgIpc) is 3.05. The van der Waals surface area contributed by atoms with E-state index in [1.165, 1.54) is 10.6 Å². The zero-order valence-electron chi connectivity index (χ0n) is 14.9. The molecule has 0 radical (unpaired) electrons. The molecule has 2 aromatic carbocycles. The fraction of sp³-hybridized carbons (Fsp3) is 0.0952. The number of aryl methyl sites for hydroxylation is 1. The number of hydrogen-bond donors (Lipinski definition) is 1. The van der Waals surface area contributed by atoms with Crippen molar-refractivity contribution in [3.05, 3.63) is 76.1 Å². The number of aromatic amines is 1. The Labute approximate surface area is 155 Å². The Kier molecular flexibility index (Phi) is 3.98. The van der Waals surface area contributed by atoms with Crippen molar-refractivity contribution in [2.24, 2.45) is 0 Å². The average molecular weight is 356 g/mol. The van der Waals surface area contributed by atoms with Crippen LogP contribution in [-0.4, -0.2) is 21.7 Å². The summed E-state index contributed by atoms with van der Waals surface area (Å²) in [6.07, 6.45) is 0. The number of methoxy groups -OCH3 is 1. The summed E-state index contributed by atoms with van der Waals surface area (Å²) in [5.74, 6) is 0.698. The van der Waals surface area contributed by atoms with Gasteiger partial charge < -0.3 is 9.72 Å². The molecule has 0 bridgehead atoms. The van der Waals surface area contributed by atoms with E-state index >= 15 is 0 Å². The number of hydrogen-bond acceptors (Lipinski definition) is 4. The van der Waals surface area contributed by atoms with Crippen molar-refractivity contribution in [3.8, 4) is 34.3 Å². The predicted molar refractivity (Wildman–Crippen MR) is 103 cm³/mol. The molecule has 0 aliphatic rings. The van der Waals surface area contributed by atoms with E-state index in [-0.39, 0.29) is 5.56 Å². The molecule has 0 atom stereocenters. The lowest BCUT2D eigenvalue weighted by Gasteiger charge is -2.06. The molecule has 0 spiro atoms. The molecule has 1 N–H and O–H groups in total. The summed E-state index contributed by atoms with van der Waals surface area (Å²) in [6.45, 7) is 1.92. The van der Waals surface area contributed by atoms with Crippen LogP contribution in [0.4, 0.5) is 0 Å². The molecule has 0 aliphatic heterocycles. The van der Waals surface area contributed by atoms with Gasteiger partial charge in [-0.05, 0) is 36.8 Å². The highest BCUT2D eigenvalue weighted by molar-refractivity contribution is 5.75. The second-order valence-corrected chi connectivity index (χ2v) is 6.14. The second-order valence-electron chi connectivity index (χ2n) is 6.14. The third-order valence-corrected chi connectivity index (χ3v) is 4.54. The summed E-state index contributed by atoms with van der Waals surface area (Å²) in [4.78, 5) is 15.9. The number of fused-ring (bicyclic) bond motifs is 1. The first-order chi connectivity index (χ1) is 13.1. The van der Waals surface area contributed by atoms with Gasteiger partial charge in [0.25, 0.3) is 5.56 Å².